The molecule has 6 nitrogen and oxygen atoms in total. The Bertz CT molecular complexity index is 992. The van der Waals surface area contributed by atoms with E-state index in [2.05, 4.69) is 20.9 Å². The third-order valence-corrected chi connectivity index (χ3v) is 9.94. The van der Waals surface area contributed by atoms with E-state index in [-0.39, 0.29) is 23.7 Å². The molecule has 1 atom stereocenters. The number of piperidine rings is 1. The van der Waals surface area contributed by atoms with Crippen molar-refractivity contribution in [3.05, 3.63) is 29.1 Å². The standard InChI is InChI=1S/C30H43FN4O2/c31-25-7-6-23-18-35(26-8-9-27(36)34-29(26)37)19-24(23)28(25)32-10-4-2-1-3-5-11-33-30-15-20-12-21(16-30)14-22(13-20)17-30/h6-7,20-22,26,32-33H,1-5,8-19H2,(H,34,36,37). The zero-order valence-corrected chi connectivity index (χ0v) is 22.1. The number of imide groups is 1. The average Bonchev–Trinajstić information content (AvgIpc) is 3.27. The number of halogens is 1. The number of benzene rings is 1. The predicted octanol–water partition coefficient (Wildman–Crippen LogP) is 4.87. The van der Waals surface area contributed by atoms with Crippen LogP contribution in [0.3, 0.4) is 0 Å². The van der Waals surface area contributed by atoms with Crippen molar-refractivity contribution >= 4 is 17.5 Å². The highest BCUT2D eigenvalue weighted by Gasteiger charge is 2.50. The molecule has 37 heavy (non-hydrogen) atoms. The second-order valence-electron chi connectivity index (χ2n) is 12.8. The van der Waals surface area contributed by atoms with Gasteiger partial charge in [-0.05, 0) is 99.3 Å². The van der Waals surface area contributed by atoms with Gasteiger partial charge >= 0.3 is 0 Å². The minimum atomic E-state index is -0.321. The topological polar surface area (TPSA) is 73.5 Å². The summed E-state index contributed by atoms with van der Waals surface area (Å²) < 4.78 is 14.7. The third kappa shape index (κ3) is 5.44. The molecule has 6 aliphatic rings. The molecule has 2 amide bonds. The summed E-state index contributed by atoms with van der Waals surface area (Å²) in [7, 11) is 0. The van der Waals surface area contributed by atoms with E-state index in [4.69, 9.17) is 0 Å². The van der Waals surface area contributed by atoms with Crippen LogP contribution in [-0.4, -0.2) is 41.4 Å². The highest BCUT2D eigenvalue weighted by atomic mass is 19.1. The van der Waals surface area contributed by atoms with Crippen LogP contribution in [0.15, 0.2) is 12.1 Å². The SMILES string of the molecule is O=C1CCC(N2Cc3ccc(F)c(NCCCCCCCNC45CC6CC(CC(C6)C4)C5)c3C2)C(=O)N1. The molecule has 2 heterocycles. The lowest BCUT2D eigenvalue weighted by atomic mass is 9.53. The minimum absolute atomic E-state index is 0.203. The number of carbonyl (C=O) groups is 2. The van der Waals surface area contributed by atoms with Gasteiger partial charge in [-0.3, -0.25) is 19.8 Å². The normalized spacial score (nSPS) is 32.6. The van der Waals surface area contributed by atoms with Gasteiger partial charge in [-0.2, -0.15) is 0 Å². The van der Waals surface area contributed by atoms with Gasteiger partial charge in [-0.25, -0.2) is 4.39 Å². The number of nitrogens with one attached hydrogen (secondary N) is 3. The molecular formula is C30H43FN4O2. The average molecular weight is 511 g/mol. The Kier molecular flexibility index (Phi) is 7.28. The summed E-state index contributed by atoms with van der Waals surface area (Å²) in [6, 6.07) is 3.05. The summed E-state index contributed by atoms with van der Waals surface area (Å²) in [6.07, 6.45) is 15.6. The van der Waals surface area contributed by atoms with Crippen LogP contribution in [0.4, 0.5) is 10.1 Å². The first-order valence-corrected chi connectivity index (χ1v) is 14.8. The molecule has 1 unspecified atom stereocenters. The number of nitrogens with zero attached hydrogens (tertiary/aromatic N) is 1. The number of hydrogen-bond acceptors (Lipinski definition) is 5. The first kappa shape index (κ1) is 25.3. The fourth-order valence-corrected chi connectivity index (χ4v) is 8.59. The molecule has 4 bridgehead atoms. The van der Waals surface area contributed by atoms with Gasteiger partial charge in [0.2, 0.25) is 11.8 Å². The molecule has 0 radical (unpaired) electrons. The van der Waals surface area contributed by atoms with Crippen molar-refractivity contribution < 1.29 is 14.0 Å². The number of carbonyl (C=O) groups excluding carboxylic acids is 2. The van der Waals surface area contributed by atoms with Crippen molar-refractivity contribution in [3.8, 4) is 0 Å². The van der Waals surface area contributed by atoms with E-state index in [9.17, 15) is 14.0 Å². The highest BCUT2D eigenvalue weighted by molar-refractivity contribution is 6.00. The summed E-state index contributed by atoms with van der Waals surface area (Å²) in [5, 5.41) is 9.82. The van der Waals surface area contributed by atoms with E-state index < -0.39 is 0 Å². The molecular weight excluding hydrogens is 467 g/mol. The van der Waals surface area contributed by atoms with E-state index in [1.54, 1.807) is 0 Å². The second kappa shape index (κ2) is 10.6. The molecule has 1 saturated heterocycles. The molecule has 4 saturated carbocycles. The second-order valence-corrected chi connectivity index (χ2v) is 12.8. The monoisotopic (exact) mass is 510 g/mol. The van der Waals surface area contributed by atoms with E-state index >= 15 is 0 Å². The summed E-state index contributed by atoms with van der Waals surface area (Å²) in [4.78, 5) is 25.9. The van der Waals surface area contributed by atoms with Gasteiger partial charge in [0.05, 0.1) is 11.7 Å². The first-order valence-electron chi connectivity index (χ1n) is 14.8. The Morgan fingerprint density at radius 3 is 2.30 bits per heavy atom. The molecule has 1 aromatic carbocycles. The van der Waals surface area contributed by atoms with Crippen molar-refractivity contribution in [2.24, 2.45) is 17.8 Å². The number of unbranched alkanes of at least 4 members (excludes halogenated alkanes) is 4. The quantitative estimate of drug-likeness (QED) is 0.293. The van der Waals surface area contributed by atoms with Crippen LogP contribution in [-0.2, 0) is 22.7 Å². The van der Waals surface area contributed by atoms with Crippen LogP contribution in [0.25, 0.3) is 0 Å². The van der Waals surface area contributed by atoms with Crippen molar-refractivity contribution in [1.82, 2.24) is 15.5 Å². The molecule has 0 spiro atoms. The van der Waals surface area contributed by atoms with Gasteiger partial charge in [0.25, 0.3) is 0 Å². The number of rotatable bonds is 11. The fraction of sp³-hybridized carbons (Fsp3) is 0.733. The van der Waals surface area contributed by atoms with E-state index in [1.807, 2.05) is 6.07 Å². The lowest BCUT2D eigenvalue weighted by molar-refractivity contribution is -0.137. The van der Waals surface area contributed by atoms with Crippen molar-refractivity contribution in [1.29, 1.82) is 0 Å². The maximum Gasteiger partial charge on any atom is 0.243 e. The van der Waals surface area contributed by atoms with Crippen LogP contribution in [0.1, 0.15) is 94.6 Å². The lowest BCUT2D eigenvalue weighted by Gasteiger charge is -2.57. The molecule has 202 valence electrons. The van der Waals surface area contributed by atoms with Gasteiger partial charge in [0.15, 0.2) is 0 Å². The van der Waals surface area contributed by atoms with E-state index in [0.29, 0.717) is 37.2 Å². The Morgan fingerprint density at radius 2 is 1.59 bits per heavy atom. The minimum Gasteiger partial charge on any atom is -0.382 e. The van der Waals surface area contributed by atoms with Gasteiger partial charge in [0.1, 0.15) is 5.82 Å². The van der Waals surface area contributed by atoms with Crippen molar-refractivity contribution in [2.45, 2.75) is 108 Å². The molecule has 2 aliphatic heterocycles. The fourth-order valence-electron chi connectivity index (χ4n) is 8.59. The highest BCUT2D eigenvalue weighted by Crippen LogP contribution is 2.55. The number of amides is 2. The Morgan fingerprint density at radius 1 is 0.919 bits per heavy atom. The maximum atomic E-state index is 14.7. The predicted molar refractivity (Wildman–Crippen MR) is 142 cm³/mol. The van der Waals surface area contributed by atoms with E-state index in [0.717, 1.165) is 54.8 Å². The van der Waals surface area contributed by atoms with Crippen molar-refractivity contribution in [2.75, 3.05) is 18.4 Å². The maximum absolute atomic E-state index is 14.7. The molecule has 4 aliphatic carbocycles. The number of anilines is 1. The molecule has 3 N–H and O–H groups in total. The molecule has 0 aromatic heterocycles. The Balaban J connectivity index is 0.896. The Hall–Kier alpha value is -1.99. The molecule has 1 aromatic rings. The Labute approximate surface area is 220 Å². The molecule has 7 rings (SSSR count). The van der Waals surface area contributed by atoms with Crippen LogP contribution in [0, 0.1) is 23.6 Å². The third-order valence-electron chi connectivity index (χ3n) is 9.94. The molecule has 5 fully saturated rings. The smallest absolute Gasteiger partial charge is 0.243 e. The van der Waals surface area contributed by atoms with Crippen LogP contribution < -0.4 is 16.0 Å². The van der Waals surface area contributed by atoms with Crippen LogP contribution >= 0.6 is 0 Å². The van der Waals surface area contributed by atoms with Gasteiger partial charge in [-0.15, -0.1) is 0 Å². The van der Waals surface area contributed by atoms with Gasteiger partial charge < -0.3 is 10.6 Å². The summed E-state index contributed by atoms with van der Waals surface area (Å²) >= 11 is 0. The van der Waals surface area contributed by atoms with Crippen LogP contribution in [0.2, 0.25) is 0 Å². The largest absolute Gasteiger partial charge is 0.382 e. The molecule has 7 heteroatoms. The summed E-state index contributed by atoms with van der Waals surface area (Å²) in [5.41, 5.74) is 3.10. The first-order chi connectivity index (χ1) is 18.0. The summed E-state index contributed by atoms with van der Waals surface area (Å²) in [6.45, 7) is 3.08. The van der Waals surface area contributed by atoms with Crippen LogP contribution in [0.5, 0.6) is 0 Å². The van der Waals surface area contributed by atoms with Gasteiger partial charge in [-0.1, -0.05) is 25.3 Å². The van der Waals surface area contributed by atoms with Gasteiger partial charge in [0, 0.05) is 31.6 Å². The van der Waals surface area contributed by atoms with Crippen molar-refractivity contribution in [3.63, 3.8) is 0 Å². The number of hydrogen-bond donors (Lipinski definition) is 3. The summed E-state index contributed by atoms with van der Waals surface area (Å²) in [5.74, 6) is 2.35. The zero-order valence-electron chi connectivity index (χ0n) is 22.1. The van der Waals surface area contributed by atoms with E-state index in [1.165, 1.54) is 63.9 Å². The number of fused-ring (bicyclic) bond motifs is 1. The zero-order chi connectivity index (χ0) is 25.4. The lowest BCUT2D eigenvalue weighted by Crippen LogP contribution is -2.58.